The molecule has 0 fully saturated rings. The first kappa shape index (κ1) is 30.7. The Hall–Kier alpha value is -7.14. The van der Waals surface area contributed by atoms with Crippen LogP contribution in [0.15, 0.2) is 114 Å². The van der Waals surface area contributed by atoms with Crippen molar-refractivity contribution < 1.29 is 4.42 Å². The number of fused-ring (bicyclic) bond motifs is 5. The van der Waals surface area contributed by atoms with Gasteiger partial charge in [0.1, 0.15) is 11.2 Å². The molecule has 53 heavy (non-hydrogen) atoms. The van der Waals surface area contributed by atoms with Gasteiger partial charge in [-0.25, -0.2) is 9.97 Å². The van der Waals surface area contributed by atoms with E-state index in [1.54, 1.807) is 6.20 Å². The Morgan fingerprint density at radius 2 is 1.08 bits per heavy atom. The third-order valence-electron chi connectivity index (χ3n) is 9.86. The van der Waals surface area contributed by atoms with Gasteiger partial charge in [-0.2, -0.15) is 15.0 Å². The summed E-state index contributed by atoms with van der Waals surface area (Å²) in [7, 11) is 0. The first-order valence-corrected chi connectivity index (χ1v) is 17.3. The minimum Gasteiger partial charge on any atom is -0.456 e. The Kier molecular flexibility index (Phi) is 6.77. The Balaban J connectivity index is 1.20. The average Bonchev–Trinajstić information content (AvgIpc) is 3.82. The van der Waals surface area contributed by atoms with Gasteiger partial charge in [-0.3, -0.25) is 24.1 Å². The molecule has 11 heteroatoms. The molecule has 0 spiro atoms. The first-order chi connectivity index (χ1) is 25.9. The molecule has 0 atom stereocenters. The Labute approximate surface area is 302 Å². The molecule has 10 rings (SSSR count). The van der Waals surface area contributed by atoms with Crippen LogP contribution in [0.3, 0.4) is 0 Å². The lowest BCUT2D eigenvalue weighted by molar-refractivity contribution is 0.668. The quantitative estimate of drug-likeness (QED) is 0.174. The van der Waals surface area contributed by atoms with Gasteiger partial charge in [0, 0.05) is 62.6 Å². The van der Waals surface area contributed by atoms with E-state index in [-0.39, 0.29) is 0 Å². The van der Waals surface area contributed by atoms with E-state index in [2.05, 4.69) is 40.1 Å². The molecule has 0 aliphatic rings. The maximum Gasteiger partial charge on any atom is 0.239 e. The number of aromatic nitrogens is 10. The van der Waals surface area contributed by atoms with Crippen LogP contribution in [0.5, 0.6) is 0 Å². The summed E-state index contributed by atoms with van der Waals surface area (Å²) in [6, 6.07) is 27.8. The second kappa shape index (κ2) is 11.7. The highest BCUT2D eigenvalue weighted by molar-refractivity contribution is 6.11. The predicted molar refractivity (Wildman–Crippen MR) is 205 cm³/mol. The zero-order chi connectivity index (χ0) is 35.8. The van der Waals surface area contributed by atoms with Crippen molar-refractivity contribution in [1.82, 2.24) is 49.0 Å². The largest absolute Gasteiger partial charge is 0.456 e. The van der Waals surface area contributed by atoms with E-state index in [0.29, 0.717) is 17.7 Å². The fourth-order valence-electron chi connectivity index (χ4n) is 7.37. The molecule has 0 amide bonds. The molecule has 0 bridgehead atoms. The third-order valence-corrected chi connectivity index (χ3v) is 9.86. The van der Waals surface area contributed by atoms with E-state index in [1.165, 1.54) is 0 Å². The van der Waals surface area contributed by atoms with Crippen LogP contribution in [-0.2, 0) is 0 Å². The van der Waals surface area contributed by atoms with E-state index in [0.717, 1.165) is 94.9 Å². The van der Waals surface area contributed by atoms with Crippen molar-refractivity contribution in [3.8, 4) is 45.8 Å². The molecule has 0 saturated carbocycles. The summed E-state index contributed by atoms with van der Waals surface area (Å²) >= 11 is 0. The van der Waals surface area contributed by atoms with Crippen LogP contribution in [0.25, 0.3) is 89.8 Å². The first-order valence-electron chi connectivity index (χ1n) is 17.3. The second-order valence-corrected chi connectivity index (χ2v) is 13.1. The lowest BCUT2D eigenvalue weighted by Crippen LogP contribution is -2.13. The Morgan fingerprint density at radius 3 is 1.66 bits per heavy atom. The van der Waals surface area contributed by atoms with Crippen LogP contribution in [0.1, 0.15) is 22.8 Å². The molecular weight excluding hydrogens is 661 g/mol. The summed E-state index contributed by atoms with van der Waals surface area (Å²) in [5, 5.41) is 1.78. The number of hydrogen-bond donors (Lipinski definition) is 0. The monoisotopic (exact) mass is 690 g/mol. The van der Waals surface area contributed by atoms with Crippen LogP contribution >= 0.6 is 0 Å². The van der Waals surface area contributed by atoms with E-state index in [1.807, 2.05) is 105 Å². The molecule has 3 aromatic carbocycles. The normalized spacial score (nSPS) is 11.8. The number of pyridine rings is 1. The zero-order valence-corrected chi connectivity index (χ0v) is 29.3. The van der Waals surface area contributed by atoms with Gasteiger partial charge in [0.15, 0.2) is 5.82 Å². The van der Waals surface area contributed by atoms with Crippen molar-refractivity contribution in [3.05, 3.63) is 132 Å². The highest BCUT2D eigenvalue weighted by atomic mass is 16.3. The van der Waals surface area contributed by atoms with Crippen LogP contribution < -0.4 is 0 Å². The van der Waals surface area contributed by atoms with Gasteiger partial charge < -0.3 is 4.42 Å². The SMILES string of the molecule is Cc1cc(-c2cnc3ccccc3n2)c(C)n1-c1nc(-c2cccc3oc4ccncc4c23)nc(-n2c(C)cc(-c3cnc4ccccc4n3)c2C)n1. The van der Waals surface area contributed by atoms with Gasteiger partial charge >= 0.3 is 0 Å². The standard InChI is InChI=1S/C42H30N10O/c1-23-18-28(35-21-44-31-11-5-7-13-33(31)46-35)25(3)51(23)41-48-40(27-10-9-15-38-39(27)30-20-43-17-16-37(30)53-38)49-42(50-41)52-24(2)19-29(26(52)4)36-22-45-32-12-6-8-14-34(32)47-36/h5-22H,1-4H3. The summed E-state index contributed by atoms with van der Waals surface area (Å²) in [6.07, 6.45) is 7.19. The van der Waals surface area contributed by atoms with Gasteiger partial charge in [-0.15, -0.1) is 0 Å². The lowest BCUT2D eigenvalue weighted by atomic mass is 10.1. The molecule has 7 aromatic heterocycles. The summed E-state index contributed by atoms with van der Waals surface area (Å²) in [5.41, 5.74) is 12.8. The Bertz CT molecular complexity index is 2930. The molecule has 7 heterocycles. The summed E-state index contributed by atoms with van der Waals surface area (Å²) < 4.78 is 10.4. The molecule has 0 saturated heterocycles. The van der Waals surface area contributed by atoms with Crippen LogP contribution in [-0.4, -0.2) is 49.0 Å². The minimum absolute atomic E-state index is 0.475. The molecule has 0 N–H and O–H groups in total. The van der Waals surface area contributed by atoms with Gasteiger partial charge in [0.2, 0.25) is 11.9 Å². The van der Waals surface area contributed by atoms with Gasteiger partial charge in [0.25, 0.3) is 0 Å². The van der Waals surface area contributed by atoms with Gasteiger partial charge in [-0.05, 0) is 76.2 Å². The smallest absolute Gasteiger partial charge is 0.239 e. The molecule has 11 nitrogen and oxygen atoms in total. The highest BCUT2D eigenvalue weighted by Crippen LogP contribution is 2.37. The second-order valence-electron chi connectivity index (χ2n) is 13.1. The fraction of sp³-hybridized carbons (Fsp3) is 0.0952. The van der Waals surface area contributed by atoms with Crippen molar-refractivity contribution in [2.45, 2.75) is 27.7 Å². The number of aryl methyl sites for hydroxylation is 2. The molecule has 0 radical (unpaired) electrons. The van der Waals surface area contributed by atoms with Crippen molar-refractivity contribution >= 4 is 44.0 Å². The highest BCUT2D eigenvalue weighted by Gasteiger charge is 2.23. The molecule has 10 aromatic rings. The fourth-order valence-corrected chi connectivity index (χ4v) is 7.37. The van der Waals surface area contributed by atoms with Crippen LogP contribution in [0, 0.1) is 27.7 Å². The van der Waals surface area contributed by atoms with Crippen LogP contribution in [0.2, 0.25) is 0 Å². The molecule has 0 unspecified atom stereocenters. The lowest BCUT2D eigenvalue weighted by Gasteiger charge is -2.14. The topological polar surface area (TPSA) is 126 Å². The van der Waals surface area contributed by atoms with Crippen molar-refractivity contribution in [3.63, 3.8) is 0 Å². The summed E-state index contributed by atoms with van der Waals surface area (Å²) in [6.45, 7) is 8.21. The van der Waals surface area contributed by atoms with Gasteiger partial charge in [-0.1, -0.05) is 36.4 Å². The van der Waals surface area contributed by atoms with E-state index < -0.39 is 0 Å². The predicted octanol–water partition coefficient (Wildman–Crippen LogP) is 8.87. The van der Waals surface area contributed by atoms with Gasteiger partial charge in [0.05, 0.1) is 45.8 Å². The number of benzene rings is 3. The third kappa shape index (κ3) is 4.89. The molecule has 0 aliphatic heterocycles. The van der Waals surface area contributed by atoms with E-state index in [9.17, 15) is 0 Å². The van der Waals surface area contributed by atoms with Crippen molar-refractivity contribution in [2.75, 3.05) is 0 Å². The number of para-hydroxylation sites is 4. The minimum atomic E-state index is 0.475. The number of hydrogen-bond acceptors (Lipinski definition) is 9. The molecular formula is C42H30N10O. The maximum atomic E-state index is 6.24. The molecule has 254 valence electrons. The number of nitrogens with zero attached hydrogens (tertiary/aromatic N) is 10. The molecule has 0 aliphatic carbocycles. The van der Waals surface area contributed by atoms with Crippen molar-refractivity contribution in [2.24, 2.45) is 0 Å². The number of furan rings is 1. The van der Waals surface area contributed by atoms with Crippen molar-refractivity contribution in [1.29, 1.82) is 0 Å². The van der Waals surface area contributed by atoms with E-state index in [4.69, 9.17) is 39.3 Å². The summed E-state index contributed by atoms with van der Waals surface area (Å²) in [5.74, 6) is 1.45. The number of rotatable bonds is 5. The van der Waals surface area contributed by atoms with Crippen LogP contribution in [0.4, 0.5) is 0 Å². The Morgan fingerprint density at radius 1 is 0.509 bits per heavy atom. The van der Waals surface area contributed by atoms with E-state index >= 15 is 0 Å². The average molecular weight is 691 g/mol. The zero-order valence-electron chi connectivity index (χ0n) is 29.3. The summed E-state index contributed by atoms with van der Waals surface area (Å²) in [4.78, 5) is 39.2. The maximum absolute atomic E-state index is 6.24.